The molecule has 1 aromatic carbocycles. The van der Waals surface area contributed by atoms with E-state index in [-0.39, 0.29) is 11.8 Å². The van der Waals surface area contributed by atoms with E-state index in [0.29, 0.717) is 17.3 Å². The van der Waals surface area contributed by atoms with E-state index in [1.54, 1.807) is 45.0 Å². The van der Waals surface area contributed by atoms with Gasteiger partial charge in [-0.05, 0) is 45.0 Å². The number of nitrogens with zero attached hydrogens (tertiary/aromatic N) is 2. The maximum Gasteiger partial charge on any atom is 0.412 e. The summed E-state index contributed by atoms with van der Waals surface area (Å²) in [6.45, 7) is 6.76. The van der Waals surface area contributed by atoms with Gasteiger partial charge in [-0.3, -0.25) is 10.1 Å². The van der Waals surface area contributed by atoms with Crippen LogP contribution in [0.2, 0.25) is 0 Å². The van der Waals surface area contributed by atoms with Crippen molar-refractivity contribution in [2.24, 2.45) is 0 Å². The Morgan fingerprint density at radius 2 is 1.72 bits per heavy atom. The van der Waals surface area contributed by atoms with Crippen LogP contribution in [0.5, 0.6) is 11.6 Å². The Morgan fingerprint density at radius 1 is 1.04 bits per heavy atom. The van der Waals surface area contributed by atoms with Crippen LogP contribution in [0.1, 0.15) is 27.7 Å². The minimum Gasteiger partial charge on any atom is -0.444 e. The highest BCUT2D eigenvalue weighted by Crippen LogP contribution is 2.23. The van der Waals surface area contributed by atoms with Crippen LogP contribution >= 0.6 is 0 Å². The van der Waals surface area contributed by atoms with Crippen LogP contribution in [0.25, 0.3) is 0 Å². The number of hydrogen-bond acceptors (Lipinski definition) is 6. The quantitative estimate of drug-likeness (QED) is 0.879. The SMILES string of the molecule is CC(=O)Nc1cc(Oc2ccc(NC(=O)OC(C)(C)C)cc2)ncn1. The van der Waals surface area contributed by atoms with Gasteiger partial charge >= 0.3 is 6.09 Å². The third kappa shape index (κ3) is 6.46. The van der Waals surface area contributed by atoms with Crippen molar-refractivity contribution in [2.45, 2.75) is 33.3 Å². The predicted octanol–water partition coefficient (Wildman–Crippen LogP) is 3.57. The lowest BCUT2D eigenvalue weighted by molar-refractivity contribution is -0.114. The second-order valence-electron chi connectivity index (χ2n) is 6.18. The average molecular weight is 344 g/mol. The highest BCUT2D eigenvalue weighted by Gasteiger charge is 2.16. The molecular formula is C17H20N4O4. The van der Waals surface area contributed by atoms with Crippen LogP contribution in [0.3, 0.4) is 0 Å². The van der Waals surface area contributed by atoms with Crippen molar-refractivity contribution in [1.82, 2.24) is 9.97 Å². The van der Waals surface area contributed by atoms with Gasteiger partial charge in [-0.2, -0.15) is 0 Å². The van der Waals surface area contributed by atoms with E-state index in [2.05, 4.69) is 20.6 Å². The molecule has 0 saturated carbocycles. The van der Waals surface area contributed by atoms with Crippen molar-refractivity contribution in [1.29, 1.82) is 0 Å². The topological polar surface area (TPSA) is 102 Å². The third-order valence-corrected chi connectivity index (χ3v) is 2.67. The number of rotatable bonds is 4. The lowest BCUT2D eigenvalue weighted by Gasteiger charge is -2.19. The first-order valence-corrected chi connectivity index (χ1v) is 7.59. The maximum atomic E-state index is 11.7. The monoisotopic (exact) mass is 344 g/mol. The molecule has 2 rings (SSSR count). The smallest absolute Gasteiger partial charge is 0.412 e. The molecular weight excluding hydrogens is 324 g/mol. The van der Waals surface area contributed by atoms with Gasteiger partial charge in [0.05, 0.1) is 0 Å². The number of carbonyl (C=O) groups excluding carboxylic acids is 2. The zero-order chi connectivity index (χ0) is 18.4. The number of nitrogens with one attached hydrogen (secondary N) is 2. The van der Waals surface area contributed by atoms with Crippen LogP contribution in [0.4, 0.5) is 16.3 Å². The summed E-state index contributed by atoms with van der Waals surface area (Å²) in [6, 6.07) is 8.21. The summed E-state index contributed by atoms with van der Waals surface area (Å²) < 4.78 is 10.8. The molecule has 0 aliphatic heterocycles. The molecule has 8 nitrogen and oxygen atoms in total. The zero-order valence-corrected chi connectivity index (χ0v) is 14.5. The number of amides is 2. The van der Waals surface area contributed by atoms with E-state index >= 15 is 0 Å². The summed E-state index contributed by atoms with van der Waals surface area (Å²) >= 11 is 0. The fourth-order valence-electron chi connectivity index (χ4n) is 1.79. The van der Waals surface area contributed by atoms with Crippen LogP contribution in [-0.2, 0) is 9.53 Å². The fraction of sp³-hybridized carbons (Fsp3) is 0.294. The first-order chi connectivity index (χ1) is 11.7. The number of ether oxygens (including phenoxy) is 2. The molecule has 0 bridgehead atoms. The molecule has 0 atom stereocenters. The lowest BCUT2D eigenvalue weighted by Crippen LogP contribution is -2.27. The summed E-state index contributed by atoms with van der Waals surface area (Å²) in [7, 11) is 0. The second-order valence-corrected chi connectivity index (χ2v) is 6.18. The van der Waals surface area contributed by atoms with Gasteiger partial charge in [-0.15, -0.1) is 0 Å². The van der Waals surface area contributed by atoms with E-state index in [1.807, 2.05) is 0 Å². The first-order valence-electron chi connectivity index (χ1n) is 7.59. The van der Waals surface area contributed by atoms with Gasteiger partial charge in [-0.25, -0.2) is 14.8 Å². The Morgan fingerprint density at radius 3 is 2.32 bits per heavy atom. The summed E-state index contributed by atoms with van der Waals surface area (Å²) in [6.07, 6.45) is 0.760. The van der Waals surface area contributed by atoms with E-state index in [1.165, 1.54) is 19.3 Å². The number of anilines is 2. The van der Waals surface area contributed by atoms with Crippen LogP contribution in [0.15, 0.2) is 36.7 Å². The van der Waals surface area contributed by atoms with Crippen LogP contribution in [0, 0.1) is 0 Å². The van der Waals surface area contributed by atoms with E-state index in [9.17, 15) is 9.59 Å². The van der Waals surface area contributed by atoms with Crippen molar-refractivity contribution in [2.75, 3.05) is 10.6 Å². The molecule has 0 aliphatic carbocycles. The van der Waals surface area contributed by atoms with Gasteiger partial charge in [0.2, 0.25) is 11.8 Å². The van der Waals surface area contributed by atoms with Gasteiger partial charge in [-0.1, -0.05) is 0 Å². The number of hydrogen-bond donors (Lipinski definition) is 2. The first kappa shape index (κ1) is 18.2. The summed E-state index contributed by atoms with van der Waals surface area (Å²) in [5.41, 5.74) is 0.00870. The van der Waals surface area contributed by atoms with Gasteiger partial charge in [0, 0.05) is 18.7 Å². The molecule has 1 aromatic heterocycles. The van der Waals surface area contributed by atoms with Crippen molar-refractivity contribution in [3.05, 3.63) is 36.7 Å². The molecule has 0 radical (unpaired) electrons. The van der Waals surface area contributed by atoms with Crippen molar-refractivity contribution in [3.63, 3.8) is 0 Å². The molecule has 2 N–H and O–H groups in total. The average Bonchev–Trinajstić information content (AvgIpc) is 2.47. The molecule has 0 spiro atoms. The summed E-state index contributed by atoms with van der Waals surface area (Å²) in [5.74, 6) is 0.914. The Labute approximate surface area is 145 Å². The highest BCUT2D eigenvalue weighted by molar-refractivity contribution is 5.87. The van der Waals surface area contributed by atoms with E-state index < -0.39 is 11.7 Å². The minimum atomic E-state index is -0.564. The van der Waals surface area contributed by atoms with E-state index in [0.717, 1.165) is 0 Å². The summed E-state index contributed by atoms with van der Waals surface area (Å²) in [4.78, 5) is 30.6. The standard InChI is InChI=1S/C17H20N4O4/c1-11(22)20-14-9-15(19-10-18-14)24-13-7-5-12(6-8-13)21-16(23)25-17(2,3)4/h5-10H,1-4H3,(H,21,23)(H,18,19,20,22). The fourth-order valence-corrected chi connectivity index (χ4v) is 1.79. The predicted molar refractivity (Wildman–Crippen MR) is 92.7 cm³/mol. The van der Waals surface area contributed by atoms with Crippen LogP contribution < -0.4 is 15.4 Å². The molecule has 8 heteroatoms. The second kappa shape index (κ2) is 7.61. The van der Waals surface area contributed by atoms with Crippen LogP contribution in [-0.4, -0.2) is 27.6 Å². The minimum absolute atomic E-state index is 0.234. The van der Waals surface area contributed by atoms with Gasteiger partial charge in [0.25, 0.3) is 0 Å². The lowest BCUT2D eigenvalue weighted by atomic mass is 10.2. The molecule has 132 valence electrons. The molecule has 2 aromatic rings. The van der Waals surface area contributed by atoms with Crippen molar-refractivity contribution < 1.29 is 19.1 Å². The molecule has 0 saturated heterocycles. The Balaban J connectivity index is 1.98. The molecule has 2 amide bonds. The Hall–Kier alpha value is -3.16. The molecule has 0 unspecified atom stereocenters. The molecule has 0 aliphatic rings. The van der Waals surface area contributed by atoms with Gasteiger partial charge in [0.15, 0.2) is 0 Å². The van der Waals surface area contributed by atoms with Gasteiger partial charge < -0.3 is 14.8 Å². The zero-order valence-electron chi connectivity index (χ0n) is 14.5. The van der Waals surface area contributed by atoms with Crippen molar-refractivity contribution in [3.8, 4) is 11.6 Å². The Kier molecular flexibility index (Phi) is 5.53. The van der Waals surface area contributed by atoms with E-state index in [4.69, 9.17) is 9.47 Å². The largest absolute Gasteiger partial charge is 0.444 e. The number of carbonyl (C=O) groups is 2. The van der Waals surface area contributed by atoms with Crippen molar-refractivity contribution >= 4 is 23.5 Å². The van der Waals surface area contributed by atoms with Gasteiger partial charge in [0.1, 0.15) is 23.5 Å². The molecule has 25 heavy (non-hydrogen) atoms. The third-order valence-electron chi connectivity index (χ3n) is 2.67. The normalized spacial score (nSPS) is 10.7. The number of benzene rings is 1. The Bertz CT molecular complexity index is 754. The maximum absolute atomic E-state index is 11.7. The summed E-state index contributed by atoms with van der Waals surface area (Å²) in [5, 5.41) is 5.18. The number of aromatic nitrogens is 2. The molecule has 0 fully saturated rings. The molecule has 1 heterocycles. The highest BCUT2D eigenvalue weighted by atomic mass is 16.6.